The van der Waals surface area contributed by atoms with Crippen molar-refractivity contribution in [2.24, 2.45) is 17.8 Å². The van der Waals surface area contributed by atoms with Crippen LogP contribution in [0, 0.1) is 17.8 Å². The number of carbonyl (C=O) groups is 2. The van der Waals surface area contributed by atoms with Gasteiger partial charge < -0.3 is 24.4 Å². The standard InChI is InChI=1S/C20H25ClO7/c1-5-8(2)17(23)26-10-6-20(25,7-21)12-13(19(4)16(28-19)14(12)22)15-11(10)9(3)18(24)27-15/h5,10-16,22,25H,3,6-7H2,1-2,4H3/b8-5+/t10-,11-,12+,13+,14+,15+,16-,19+,20+/m1/s1. The second kappa shape index (κ2) is 6.29. The van der Waals surface area contributed by atoms with Crippen LogP contribution in [-0.4, -0.2) is 63.6 Å². The fourth-order valence-electron chi connectivity index (χ4n) is 5.41. The molecule has 0 bridgehead atoms. The maximum absolute atomic E-state index is 12.4. The number of hydrogen-bond donors (Lipinski definition) is 2. The first-order chi connectivity index (χ1) is 13.1. The van der Waals surface area contributed by atoms with Gasteiger partial charge in [0.05, 0.1) is 23.5 Å². The van der Waals surface area contributed by atoms with E-state index in [0.29, 0.717) is 5.57 Å². The van der Waals surface area contributed by atoms with E-state index in [0.717, 1.165) is 0 Å². The highest BCUT2D eigenvalue weighted by Crippen LogP contribution is 2.64. The van der Waals surface area contributed by atoms with Crippen LogP contribution in [0.4, 0.5) is 0 Å². The molecule has 154 valence electrons. The van der Waals surface area contributed by atoms with E-state index in [-0.39, 0.29) is 17.9 Å². The highest BCUT2D eigenvalue weighted by atomic mass is 35.5. The summed E-state index contributed by atoms with van der Waals surface area (Å²) in [5.41, 5.74) is -1.66. The number of aliphatic hydroxyl groups is 2. The summed E-state index contributed by atoms with van der Waals surface area (Å²) in [6.07, 6.45) is -1.41. The zero-order valence-corrected chi connectivity index (χ0v) is 16.8. The predicted octanol–water partition coefficient (Wildman–Crippen LogP) is 1.10. The number of fused-ring (bicyclic) bond motifs is 5. The zero-order chi connectivity index (χ0) is 20.6. The van der Waals surface area contributed by atoms with Crippen LogP contribution in [-0.2, 0) is 23.8 Å². The van der Waals surface area contributed by atoms with E-state index >= 15 is 0 Å². The Morgan fingerprint density at radius 3 is 2.75 bits per heavy atom. The van der Waals surface area contributed by atoms with E-state index < -0.39 is 65.3 Å². The van der Waals surface area contributed by atoms with Gasteiger partial charge in [0.25, 0.3) is 0 Å². The van der Waals surface area contributed by atoms with Crippen LogP contribution in [0.15, 0.2) is 23.8 Å². The maximum Gasteiger partial charge on any atom is 0.334 e. The molecule has 2 saturated heterocycles. The van der Waals surface area contributed by atoms with Crippen molar-refractivity contribution in [3.63, 3.8) is 0 Å². The Morgan fingerprint density at radius 2 is 2.14 bits per heavy atom. The van der Waals surface area contributed by atoms with E-state index in [2.05, 4.69) is 6.58 Å². The van der Waals surface area contributed by atoms with Crippen molar-refractivity contribution >= 4 is 23.5 Å². The molecule has 2 N–H and O–H groups in total. The molecule has 0 aromatic carbocycles. The Morgan fingerprint density at radius 1 is 1.46 bits per heavy atom. The third-order valence-electron chi connectivity index (χ3n) is 7.05. The second-order valence-corrected chi connectivity index (χ2v) is 8.81. The van der Waals surface area contributed by atoms with Crippen LogP contribution >= 0.6 is 11.6 Å². The fraction of sp³-hybridized carbons (Fsp3) is 0.700. The van der Waals surface area contributed by atoms with Gasteiger partial charge in [-0.05, 0) is 20.8 Å². The first-order valence-corrected chi connectivity index (χ1v) is 10.0. The average molecular weight is 413 g/mol. The number of rotatable bonds is 3. The van der Waals surface area contributed by atoms with Crippen molar-refractivity contribution in [3.05, 3.63) is 23.8 Å². The zero-order valence-electron chi connectivity index (χ0n) is 16.1. The van der Waals surface area contributed by atoms with Gasteiger partial charge in [-0.15, -0.1) is 11.6 Å². The Hall–Kier alpha value is -1.41. The lowest BCUT2D eigenvalue weighted by atomic mass is 9.74. The molecule has 7 nitrogen and oxygen atoms in total. The van der Waals surface area contributed by atoms with Gasteiger partial charge in [-0.3, -0.25) is 0 Å². The molecule has 9 atom stereocenters. The Balaban J connectivity index is 1.79. The van der Waals surface area contributed by atoms with E-state index in [1.54, 1.807) is 19.9 Å². The monoisotopic (exact) mass is 412 g/mol. The quantitative estimate of drug-likeness (QED) is 0.309. The molecule has 4 fully saturated rings. The van der Waals surface area contributed by atoms with E-state index in [1.807, 2.05) is 6.92 Å². The molecule has 4 rings (SSSR count). The summed E-state index contributed by atoms with van der Waals surface area (Å²) >= 11 is 6.16. The van der Waals surface area contributed by atoms with Crippen molar-refractivity contribution in [2.75, 3.05) is 5.88 Å². The smallest absolute Gasteiger partial charge is 0.334 e. The minimum atomic E-state index is -1.52. The average Bonchev–Trinajstić information content (AvgIpc) is 3.21. The predicted molar refractivity (Wildman–Crippen MR) is 98.4 cm³/mol. The van der Waals surface area contributed by atoms with Crippen LogP contribution in [0.3, 0.4) is 0 Å². The number of epoxide rings is 1. The highest BCUT2D eigenvalue weighted by Gasteiger charge is 2.78. The lowest BCUT2D eigenvalue weighted by Gasteiger charge is -2.39. The maximum atomic E-state index is 12.4. The van der Waals surface area contributed by atoms with Gasteiger partial charge in [-0.1, -0.05) is 12.7 Å². The lowest BCUT2D eigenvalue weighted by Crippen LogP contribution is -2.51. The molecule has 0 spiro atoms. The Labute approximate surface area is 168 Å². The number of allylic oxidation sites excluding steroid dienone is 1. The molecular weight excluding hydrogens is 388 g/mol. The molecule has 4 aliphatic rings. The van der Waals surface area contributed by atoms with Crippen molar-refractivity contribution in [3.8, 4) is 0 Å². The number of carbonyl (C=O) groups excluding carboxylic acids is 2. The number of ether oxygens (including phenoxy) is 3. The SMILES string of the molecule is C=C1C(=O)O[C@H]2[C@H]1[C@H](OC(=O)/C(C)=C/C)C[C@](O)(CCl)[C@@H]1[C@H](O)[C@H]3O[C@@]3(C)[C@H]21. The second-order valence-electron chi connectivity index (χ2n) is 8.54. The van der Waals surface area contributed by atoms with Crippen LogP contribution in [0.25, 0.3) is 0 Å². The molecule has 8 heteroatoms. The van der Waals surface area contributed by atoms with Gasteiger partial charge in [0.1, 0.15) is 23.9 Å². The first-order valence-electron chi connectivity index (χ1n) is 9.47. The number of hydrogen-bond acceptors (Lipinski definition) is 7. The number of aliphatic hydroxyl groups excluding tert-OH is 1. The number of esters is 2. The molecule has 2 saturated carbocycles. The van der Waals surface area contributed by atoms with Crippen molar-refractivity contribution in [1.82, 2.24) is 0 Å². The van der Waals surface area contributed by atoms with Gasteiger partial charge in [0.15, 0.2) is 0 Å². The van der Waals surface area contributed by atoms with Crippen LogP contribution in [0.1, 0.15) is 27.2 Å². The minimum absolute atomic E-state index is 0.0307. The molecule has 0 aromatic heterocycles. The Kier molecular flexibility index (Phi) is 4.47. The number of halogens is 1. The molecule has 2 aliphatic heterocycles. The van der Waals surface area contributed by atoms with Gasteiger partial charge in [0.2, 0.25) is 0 Å². The van der Waals surface area contributed by atoms with Crippen molar-refractivity contribution < 1.29 is 34.0 Å². The molecule has 28 heavy (non-hydrogen) atoms. The molecule has 0 amide bonds. The van der Waals surface area contributed by atoms with E-state index in [1.165, 1.54) is 0 Å². The molecule has 0 aromatic rings. The topological polar surface area (TPSA) is 106 Å². The van der Waals surface area contributed by atoms with E-state index in [9.17, 15) is 19.8 Å². The normalized spacial score (nSPS) is 49.6. The minimum Gasteiger partial charge on any atom is -0.458 e. The summed E-state index contributed by atoms with van der Waals surface area (Å²) < 4.78 is 17.0. The summed E-state index contributed by atoms with van der Waals surface area (Å²) in [4.78, 5) is 24.8. The summed E-state index contributed by atoms with van der Waals surface area (Å²) in [7, 11) is 0. The summed E-state index contributed by atoms with van der Waals surface area (Å²) in [5, 5.41) is 22.2. The molecule has 2 heterocycles. The van der Waals surface area contributed by atoms with Gasteiger partial charge in [-0.25, -0.2) is 9.59 Å². The number of alkyl halides is 1. The highest BCUT2D eigenvalue weighted by molar-refractivity contribution is 6.18. The van der Waals surface area contributed by atoms with Crippen molar-refractivity contribution in [1.29, 1.82) is 0 Å². The van der Waals surface area contributed by atoms with Crippen LogP contribution in [0.5, 0.6) is 0 Å². The largest absolute Gasteiger partial charge is 0.458 e. The summed E-state index contributed by atoms with van der Waals surface area (Å²) in [5.74, 6) is -3.07. The third-order valence-corrected chi connectivity index (χ3v) is 7.51. The lowest BCUT2D eigenvalue weighted by molar-refractivity contribution is -0.152. The van der Waals surface area contributed by atoms with Crippen LogP contribution < -0.4 is 0 Å². The summed E-state index contributed by atoms with van der Waals surface area (Å²) in [6, 6.07) is 0. The van der Waals surface area contributed by atoms with E-state index in [4.69, 9.17) is 25.8 Å². The fourth-order valence-corrected chi connectivity index (χ4v) is 5.70. The molecule has 2 aliphatic carbocycles. The third kappa shape index (κ3) is 2.53. The summed E-state index contributed by atoms with van der Waals surface area (Å²) in [6.45, 7) is 9.03. The van der Waals surface area contributed by atoms with Gasteiger partial charge >= 0.3 is 11.9 Å². The molecule has 0 radical (unpaired) electrons. The first kappa shape index (κ1) is 19.9. The van der Waals surface area contributed by atoms with Gasteiger partial charge in [0, 0.05) is 29.4 Å². The van der Waals surface area contributed by atoms with Crippen LogP contribution in [0.2, 0.25) is 0 Å². The van der Waals surface area contributed by atoms with Gasteiger partial charge in [-0.2, -0.15) is 0 Å². The molecule has 0 unspecified atom stereocenters. The van der Waals surface area contributed by atoms with Crippen molar-refractivity contribution in [2.45, 2.75) is 62.8 Å². The Bertz CT molecular complexity index is 779. The molecular formula is C20H25ClO7.